The summed E-state index contributed by atoms with van der Waals surface area (Å²) in [5.41, 5.74) is 0.899. The van der Waals surface area contributed by atoms with Crippen LogP contribution >= 0.6 is 27.5 Å². The number of ether oxygens (including phenoxy) is 1. The fourth-order valence-electron chi connectivity index (χ4n) is 1.59. The molecule has 0 radical (unpaired) electrons. The molecule has 4 nitrogen and oxygen atoms in total. The van der Waals surface area contributed by atoms with Crippen LogP contribution in [0.25, 0.3) is 0 Å². The zero-order valence-electron chi connectivity index (χ0n) is 9.89. The van der Waals surface area contributed by atoms with Gasteiger partial charge in [-0.05, 0) is 28.1 Å². The molecule has 2 rings (SSSR count). The SMILES string of the molecule is COc1ccccc1N(C)c1ncnc(Cl)c1Br. The number of aromatic nitrogens is 2. The van der Waals surface area contributed by atoms with Crippen molar-refractivity contribution in [1.29, 1.82) is 0 Å². The highest BCUT2D eigenvalue weighted by Crippen LogP contribution is 2.36. The molecule has 0 bridgehead atoms. The van der Waals surface area contributed by atoms with E-state index < -0.39 is 0 Å². The molecule has 0 saturated carbocycles. The minimum atomic E-state index is 0.377. The first-order chi connectivity index (χ1) is 8.65. The molecular weight excluding hydrogens is 318 g/mol. The number of hydrogen-bond acceptors (Lipinski definition) is 4. The molecule has 2 aromatic rings. The smallest absolute Gasteiger partial charge is 0.152 e. The van der Waals surface area contributed by atoms with Gasteiger partial charge in [0.1, 0.15) is 17.2 Å². The number of benzene rings is 1. The summed E-state index contributed by atoms with van der Waals surface area (Å²) in [6, 6.07) is 7.69. The summed E-state index contributed by atoms with van der Waals surface area (Å²) in [7, 11) is 3.52. The van der Waals surface area contributed by atoms with Crippen LogP contribution in [-0.2, 0) is 0 Å². The van der Waals surface area contributed by atoms with Crippen LogP contribution in [0.3, 0.4) is 0 Å². The number of para-hydroxylation sites is 2. The van der Waals surface area contributed by atoms with E-state index in [4.69, 9.17) is 16.3 Å². The van der Waals surface area contributed by atoms with Gasteiger partial charge in [0, 0.05) is 7.05 Å². The van der Waals surface area contributed by atoms with Crippen molar-refractivity contribution >= 4 is 39.0 Å². The van der Waals surface area contributed by atoms with Gasteiger partial charge in [0.15, 0.2) is 5.82 Å². The quantitative estimate of drug-likeness (QED) is 0.806. The van der Waals surface area contributed by atoms with Gasteiger partial charge in [-0.15, -0.1) is 0 Å². The standard InChI is InChI=1S/C12H11BrClN3O/c1-17(8-5-3-4-6-9(8)18-2)12-10(13)11(14)15-7-16-12/h3-7H,1-2H3. The molecule has 1 aromatic heterocycles. The molecular formula is C12H11BrClN3O. The third kappa shape index (κ3) is 2.42. The van der Waals surface area contributed by atoms with Crippen molar-refractivity contribution < 1.29 is 4.74 Å². The fraction of sp³-hybridized carbons (Fsp3) is 0.167. The van der Waals surface area contributed by atoms with Crippen LogP contribution in [0.15, 0.2) is 35.1 Å². The average molecular weight is 329 g/mol. The van der Waals surface area contributed by atoms with Crippen LogP contribution in [-0.4, -0.2) is 24.1 Å². The van der Waals surface area contributed by atoms with Gasteiger partial charge in [-0.1, -0.05) is 23.7 Å². The fourth-order valence-corrected chi connectivity index (χ4v) is 2.19. The molecule has 0 amide bonds. The van der Waals surface area contributed by atoms with Crippen molar-refractivity contribution in [3.8, 4) is 5.75 Å². The van der Waals surface area contributed by atoms with E-state index in [1.165, 1.54) is 6.33 Å². The van der Waals surface area contributed by atoms with Gasteiger partial charge in [0.2, 0.25) is 0 Å². The van der Waals surface area contributed by atoms with E-state index >= 15 is 0 Å². The van der Waals surface area contributed by atoms with Crippen molar-refractivity contribution in [1.82, 2.24) is 9.97 Å². The van der Waals surface area contributed by atoms with Crippen LogP contribution in [0.1, 0.15) is 0 Å². The lowest BCUT2D eigenvalue weighted by molar-refractivity contribution is 0.415. The summed E-state index contributed by atoms with van der Waals surface area (Å²) in [5.74, 6) is 1.45. The molecule has 18 heavy (non-hydrogen) atoms. The van der Waals surface area contributed by atoms with Gasteiger partial charge in [-0.25, -0.2) is 9.97 Å². The molecule has 1 heterocycles. The molecule has 6 heteroatoms. The Hall–Kier alpha value is -1.33. The number of methoxy groups -OCH3 is 1. The third-order valence-corrected chi connectivity index (χ3v) is 3.74. The number of rotatable bonds is 3. The predicted octanol–water partition coefficient (Wildman–Crippen LogP) is 3.67. The molecule has 0 aliphatic carbocycles. The number of hydrogen-bond donors (Lipinski definition) is 0. The normalized spacial score (nSPS) is 10.2. The largest absolute Gasteiger partial charge is 0.495 e. The lowest BCUT2D eigenvalue weighted by atomic mass is 10.2. The van der Waals surface area contributed by atoms with Crippen LogP contribution in [0.4, 0.5) is 11.5 Å². The Balaban J connectivity index is 2.48. The van der Waals surface area contributed by atoms with Crippen molar-refractivity contribution in [3.05, 3.63) is 40.2 Å². The highest BCUT2D eigenvalue weighted by molar-refractivity contribution is 9.10. The maximum Gasteiger partial charge on any atom is 0.152 e. The van der Waals surface area contributed by atoms with Crippen molar-refractivity contribution in [3.63, 3.8) is 0 Å². The first-order valence-electron chi connectivity index (χ1n) is 5.18. The Bertz CT molecular complexity index is 565. The first-order valence-corrected chi connectivity index (χ1v) is 6.35. The maximum absolute atomic E-state index is 5.96. The molecule has 0 unspecified atom stereocenters. The van der Waals surface area contributed by atoms with Crippen LogP contribution in [0.5, 0.6) is 5.75 Å². The molecule has 0 saturated heterocycles. The van der Waals surface area contributed by atoms with Crippen LogP contribution in [0.2, 0.25) is 5.15 Å². The second-order valence-corrected chi connectivity index (χ2v) is 4.68. The number of nitrogens with zero attached hydrogens (tertiary/aromatic N) is 3. The number of halogens is 2. The lowest BCUT2D eigenvalue weighted by Crippen LogP contribution is -2.13. The monoisotopic (exact) mass is 327 g/mol. The van der Waals surface area contributed by atoms with Gasteiger partial charge < -0.3 is 9.64 Å². The summed E-state index contributed by atoms with van der Waals surface area (Å²) in [4.78, 5) is 10.0. The van der Waals surface area contributed by atoms with E-state index in [0.29, 0.717) is 15.4 Å². The molecule has 0 fully saturated rings. The van der Waals surface area contributed by atoms with Crippen molar-refractivity contribution in [2.24, 2.45) is 0 Å². The topological polar surface area (TPSA) is 38.2 Å². The average Bonchev–Trinajstić information content (AvgIpc) is 2.41. The summed E-state index contributed by atoms with van der Waals surface area (Å²) < 4.78 is 5.98. The Labute approximate surface area is 119 Å². The van der Waals surface area contributed by atoms with Crippen molar-refractivity contribution in [2.75, 3.05) is 19.1 Å². The first kappa shape index (κ1) is 13.1. The molecule has 94 valence electrons. The van der Waals surface area contributed by atoms with E-state index in [2.05, 4.69) is 25.9 Å². The van der Waals surface area contributed by atoms with E-state index in [-0.39, 0.29) is 0 Å². The van der Waals surface area contributed by atoms with E-state index in [9.17, 15) is 0 Å². The maximum atomic E-state index is 5.96. The highest BCUT2D eigenvalue weighted by atomic mass is 79.9. The number of anilines is 2. The Kier molecular flexibility index (Phi) is 4.04. The van der Waals surface area contributed by atoms with Crippen molar-refractivity contribution in [2.45, 2.75) is 0 Å². The Morgan fingerprint density at radius 1 is 1.28 bits per heavy atom. The second-order valence-electron chi connectivity index (χ2n) is 3.53. The van der Waals surface area contributed by atoms with Gasteiger partial charge in [0.05, 0.1) is 17.3 Å². The summed E-state index contributed by atoms with van der Waals surface area (Å²) in [5, 5.41) is 0.377. The summed E-state index contributed by atoms with van der Waals surface area (Å²) in [6.07, 6.45) is 1.42. The van der Waals surface area contributed by atoms with Crippen LogP contribution in [0, 0.1) is 0 Å². The third-order valence-electron chi connectivity index (χ3n) is 2.49. The molecule has 1 aromatic carbocycles. The van der Waals surface area contributed by atoms with E-state index in [0.717, 1.165) is 11.4 Å². The van der Waals surface area contributed by atoms with E-state index in [1.807, 2.05) is 36.2 Å². The zero-order chi connectivity index (χ0) is 13.1. The lowest BCUT2D eigenvalue weighted by Gasteiger charge is -2.21. The molecule has 0 aliphatic rings. The predicted molar refractivity (Wildman–Crippen MR) is 75.8 cm³/mol. The Morgan fingerprint density at radius 3 is 2.72 bits per heavy atom. The van der Waals surface area contributed by atoms with E-state index in [1.54, 1.807) is 7.11 Å². The Morgan fingerprint density at radius 2 is 2.00 bits per heavy atom. The minimum Gasteiger partial charge on any atom is -0.495 e. The summed E-state index contributed by atoms with van der Waals surface area (Å²) >= 11 is 9.35. The van der Waals surface area contributed by atoms with Gasteiger partial charge in [0.25, 0.3) is 0 Å². The molecule has 0 aliphatic heterocycles. The molecule has 0 atom stereocenters. The minimum absolute atomic E-state index is 0.377. The molecule has 0 spiro atoms. The summed E-state index contributed by atoms with van der Waals surface area (Å²) in [6.45, 7) is 0. The van der Waals surface area contributed by atoms with Gasteiger partial charge in [-0.2, -0.15) is 0 Å². The second kappa shape index (κ2) is 5.54. The highest BCUT2D eigenvalue weighted by Gasteiger charge is 2.15. The van der Waals surface area contributed by atoms with Gasteiger partial charge in [-0.3, -0.25) is 0 Å². The van der Waals surface area contributed by atoms with Crippen LogP contribution < -0.4 is 9.64 Å². The zero-order valence-corrected chi connectivity index (χ0v) is 12.2. The molecule has 0 N–H and O–H groups in total. The van der Waals surface area contributed by atoms with Gasteiger partial charge >= 0.3 is 0 Å².